The summed E-state index contributed by atoms with van der Waals surface area (Å²) >= 11 is 0. The van der Waals surface area contributed by atoms with E-state index in [2.05, 4.69) is 10.00 Å². The van der Waals surface area contributed by atoms with E-state index in [1.807, 2.05) is 14.1 Å². The second-order valence-electron chi connectivity index (χ2n) is 5.76. The van der Waals surface area contributed by atoms with E-state index < -0.39 is 5.41 Å². The summed E-state index contributed by atoms with van der Waals surface area (Å²) in [4.78, 5) is 14.9. The second-order valence-corrected chi connectivity index (χ2v) is 5.76. The van der Waals surface area contributed by atoms with Crippen LogP contribution in [-0.2, 0) is 6.54 Å². The molecule has 1 aromatic rings. The molecule has 0 unspecified atom stereocenters. The molecule has 1 aliphatic rings. The fourth-order valence-corrected chi connectivity index (χ4v) is 2.59. The molecule has 20 heavy (non-hydrogen) atoms. The van der Waals surface area contributed by atoms with Gasteiger partial charge in [-0.1, -0.05) is 6.42 Å². The molecule has 0 aliphatic heterocycles. The molecule has 0 radical (unpaired) electrons. The van der Waals surface area contributed by atoms with Crippen molar-refractivity contribution in [2.45, 2.75) is 25.8 Å². The number of hydrogen-bond donors (Lipinski definition) is 1. The summed E-state index contributed by atoms with van der Waals surface area (Å²) in [7, 11) is 5.56. The summed E-state index contributed by atoms with van der Waals surface area (Å²) in [6.45, 7) is 1.88. The summed E-state index contributed by atoms with van der Waals surface area (Å²) in [6, 6.07) is 0. The molecular formula is C14H24N4O2. The van der Waals surface area contributed by atoms with E-state index >= 15 is 0 Å². The molecule has 112 valence electrons. The van der Waals surface area contributed by atoms with Crippen molar-refractivity contribution in [1.82, 2.24) is 14.7 Å². The van der Waals surface area contributed by atoms with Crippen LogP contribution in [0.2, 0.25) is 0 Å². The van der Waals surface area contributed by atoms with Gasteiger partial charge in [0.1, 0.15) is 5.69 Å². The normalized spacial score (nSPS) is 17.1. The number of methoxy groups -OCH3 is 1. The molecule has 0 aromatic carbocycles. The minimum absolute atomic E-state index is 0.0827. The van der Waals surface area contributed by atoms with Gasteiger partial charge in [-0.2, -0.15) is 5.10 Å². The molecule has 1 aliphatic carbocycles. The highest BCUT2D eigenvalue weighted by Crippen LogP contribution is 2.43. The first-order valence-electron chi connectivity index (χ1n) is 7.03. The number of likely N-dealkylation sites (N-methyl/N-ethyl adjacent to an activating group) is 1. The third-order valence-corrected chi connectivity index (χ3v) is 4.18. The largest absolute Gasteiger partial charge is 0.493 e. The fourth-order valence-electron chi connectivity index (χ4n) is 2.59. The Labute approximate surface area is 119 Å². The molecule has 0 amide bonds. The Morgan fingerprint density at radius 3 is 2.70 bits per heavy atom. The fraction of sp³-hybridized carbons (Fsp3) is 0.714. The Bertz CT molecular complexity index is 472. The average molecular weight is 280 g/mol. The van der Waals surface area contributed by atoms with Crippen molar-refractivity contribution in [1.29, 1.82) is 0 Å². The molecule has 1 saturated carbocycles. The van der Waals surface area contributed by atoms with E-state index in [9.17, 15) is 4.79 Å². The molecule has 0 bridgehead atoms. The Kier molecular flexibility index (Phi) is 4.45. The zero-order valence-electron chi connectivity index (χ0n) is 12.6. The number of hydrogen-bond acceptors (Lipinski definition) is 5. The molecule has 6 heteroatoms. The van der Waals surface area contributed by atoms with Crippen molar-refractivity contribution >= 4 is 5.78 Å². The number of Topliss-reactive ketones (excluding diaryl/α,β-unsaturated/α-hetero) is 1. The number of rotatable bonds is 7. The van der Waals surface area contributed by atoms with Gasteiger partial charge >= 0.3 is 0 Å². The SMILES string of the molecule is COc1cnn(CCN(C)C)c1C(=O)C1(CN)CCC1. The predicted octanol–water partition coefficient (Wildman–Crippen LogP) is 0.765. The third-order valence-electron chi connectivity index (χ3n) is 4.18. The summed E-state index contributed by atoms with van der Waals surface area (Å²) in [5.74, 6) is 0.632. The highest BCUT2D eigenvalue weighted by Gasteiger charge is 2.45. The van der Waals surface area contributed by atoms with E-state index in [0.717, 1.165) is 25.8 Å². The second kappa shape index (κ2) is 5.93. The molecular weight excluding hydrogens is 256 g/mol. The van der Waals surface area contributed by atoms with Gasteiger partial charge in [-0.25, -0.2) is 0 Å². The van der Waals surface area contributed by atoms with Crippen LogP contribution in [0.4, 0.5) is 0 Å². The van der Waals surface area contributed by atoms with Gasteiger partial charge in [0.05, 0.1) is 19.9 Å². The predicted molar refractivity (Wildman–Crippen MR) is 77.0 cm³/mol. The number of ether oxygens (including phenoxy) is 1. The molecule has 1 heterocycles. The lowest BCUT2D eigenvalue weighted by molar-refractivity contribution is 0.0619. The highest BCUT2D eigenvalue weighted by atomic mass is 16.5. The van der Waals surface area contributed by atoms with Crippen LogP contribution in [0.3, 0.4) is 0 Å². The lowest BCUT2D eigenvalue weighted by Crippen LogP contribution is -2.45. The minimum atomic E-state index is -0.400. The average Bonchev–Trinajstić information content (AvgIpc) is 2.78. The van der Waals surface area contributed by atoms with E-state index in [1.54, 1.807) is 18.0 Å². The third kappa shape index (κ3) is 2.58. The van der Waals surface area contributed by atoms with Crippen LogP contribution < -0.4 is 10.5 Å². The van der Waals surface area contributed by atoms with Crippen molar-refractivity contribution in [3.63, 3.8) is 0 Å². The van der Waals surface area contributed by atoms with Gasteiger partial charge in [0.15, 0.2) is 11.5 Å². The van der Waals surface area contributed by atoms with E-state index in [1.165, 1.54) is 0 Å². The summed E-state index contributed by atoms with van der Waals surface area (Å²) < 4.78 is 7.05. The topological polar surface area (TPSA) is 73.4 Å². The molecule has 0 atom stereocenters. The monoisotopic (exact) mass is 280 g/mol. The van der Waals surface area contributed by atoms with E-state index in [4.69, 9.17) is 10.5 Å². The zero-order valence-corrected chi connectivity index (χ0v) is 12.6. The van der Waals surface area contributed by atoms with Crippen LogP contribution >= 0.6 is 0 Å². The Balaban J connectivity index is 2.28. The lowest BCUT2D eigenvalue weighted by atomic mass is 9.65. The Morgan fingerprint density at radius 1 is 1.55 bits per heavy atom. The van der Waals surface area contributed by atoms with Gasteiger partial charge < -0.3 is 15.4 Å². The van der Waals surface area contributed by atoms with Gasteiger partial charge in [0, 0.05) is 18.5 Å². The number of nitrogens with two attached hydrogens (primary N) is 1. The Hall–Kier alpha value is -1.40. The first kappa shape index (κ1) is 15.0. The Morgan fingerprint density at radius 2 is 2.25 bits per heavy atom. The lowest BCUT2D eigenvalue weighted by Gasteiger charge is -2.39. The van der Waals surface area contributed by atoms with Crippen molar-refractivity contribution in [2.24, 2.45) is 11.1 Å². The number of aromatic nitrogens is 2. The maximum atomic E-state index is 12.9. The van der Waals surface area contributed by atoms with Gasteiger partial charge in [-0.3, -0.25) is 9.48 Å². The maximum absolute atomic E-state index is 12.9. The zero-order chi connectivity index (χ0) is 14.8. The summed E-state index contributed by atoms with van der Waals surface area (Å²) in [5, 5.41) is 4.29. The van der Waals surface area contributed by atoms with Gasteiger partial charge in [-0.15, -0.1) is 0 Å². The number of ketones is 1. The quantitative estimate of drug-likeness (QED) is 0.747. The summed E-state index contributed by atoms with van der Waals surface area (Å²) in [6.07, 6.45) is 4.41. The smallest absolute Gasteiger partial charge is 0.192 e. The van der Waals surface area contributed by atoms with Crippen LogP contribution in [0.1, 0.15) is 29.8 Å². The van der Waals surface area contributed by atoms with Crippen molar-refractivity contribution in [3.05, 3.63) is 11.9 Å². The molecule has 2 N–H and O–H groups in total. The summed E-state index contributed by atoms with van der Waals surface area (Å²) in [5.41, 5.74) is 6.01. The molecule has 1 aromatic heterocycles. The van der Waals surface area contributed by atoms with E-state index in [0.29, 0.717) is 24.5 Å². The van der Waals surface area contributed by atoms with Crippen molar-refractivity contribution in [2.75, 3.05) is 34.3 Å². The first-order chi connectivity index (χ1) is 9.54. The molecule has 0 saturated heterocycles. The highest BCUT2D eigenvalue weighted by molar-refractivity contribution is 6.02. The van der Waals surface area contributed by atoms with Crippen molar-refractivity contribution in [3.8, 4) is 5.75 Å². The number of carbonyl (C=O) groups excluding carboxylic acids is 1. The van der Waals surface area contributed by atoms with Crippen molar-refractivity contribution < 1.29 is 9.53 Å². The number of carbonyl (C=O) groups is 1. The van der Waals surface area contributed by atoms with Crippen LogP contribution in [0.15, 0.2) is 6.20 Å². The molecule has 6 nitrogen and oxygen atoms in total. The molecule has 1 fully saturated rings. The minimum Gasteiger partial charge on any atom is -0.493 e. The van der Waals surface area contributed by atoms with Crippen LogP contribution in [0.25, 0.3) is 0 Å². The van der Waals surface area contributed by atoms with Gasteiger partial charge in [0.2, 0.25) is 0 Å². The maximum Gasteiger partial charge on any atom is 0.192 e. The van der Waals surface area contributed by atoms with E-state index in [-0.39, 0.29) is 5.78 Å². The first-order valence-corrected chi connectivity index (χ1v) is 7.03. The van der Waals surface area contributed by atoms with Crippen LogP contribution in [0.5, 0.6) is 5.75 Å². The number of nitrogens with zero attached hydrogens (tertiary/aromatic N) is 3. The standard InChI is InChI=1S/C14H24N4O2/c1-17(2)7-8-18-12(11(20-3)9-16-18)13(19)14(10-15)5-4-6-14/h9H,4-8,10,15H2,1-3H3. The van der Waals surface area contributed by atoms with Crippen LogP contribution in [0, 0.1) is 5.41 Å². The molecule has 0 spiro atoms. The molecule has 2 rings (SSSR count). The van der Waals surface area contributed by atoms with Gasteiger partial charge in [0.25, 0.3) is 0 Å². The van der Waals surface area contributed by atoms with Crippen LogP contribution in [-0.4, -0.2) is 54.8 Å². The van der Waals surface area contributed by atoms with Gasteiger partial charge in [-0.05, 0) is 26.9 Å².